The maximum atomic E-state index is 11.5. The Hall–Kier alpha value is -0.0900. The third-order valence-corrected chi connectivity index (χ3v) is 4.42. The lowest BCUT2D eigenvalue weighted by Crippen LogP contribution is -2.59. The van der Waals surface area contributed by atoms with Gasteiger partial charge in [0.2, 0.25) is 0 Å². The first kappa shape index (κ1) is 11.0. The van der Waals surface area contributed by atoms with E-state index < -0.39 is 9.84 Å². The Labute approximate surface area is 80.8 Å². The van der Waals surface area contributed by atoms with E-state index in [9.17, 15) is 8.42 Å². The van der Waals surface area contributed by atoms with Crippen LogP contribution in [0.1, 0.15) is 27.7 Å². The molecule has 1 atom stereocenters. The molecule has 0 aromatic carbocycles. The maximum absolute atomic E-state index is 11.5. The summed E-state index contributed by atoms with van der Waals surface area (Å²) in [6, 6.07) is 0.105. The highest BCUT2D eigenvalue weighted by Gasteiger charge is 2.37. The van der Waals surface area contributed by atoms with Gasteiger partial charge in [-0.2, -0.15) is 0 Å². The zero-order valence-corrected chi connectivity index (χ0v) is 9.61. The minimum atomic E-state index is -2.85. The standard InChI is InChI=1S/C9H19NO2S/c1-7(2)8-5-13(11,12)6-9(3,4)10-8/h7-8,10H,5-6H2,1-4H3. The number of hydrogen-bond acceptors (Lipinski definition) is 3. The summed E-state index contributed by atoms with van der Waals surface area (Å²) in [7, 11) is -2.85. The normalized spacial score (nSPS) is 31.9. The van der Waals surface area contributed by atoms with Crippen molar-refractivity contribution in [3.63, 3.8) is 0 Å². The van der Waals surface area contributed by atoms with Crippen molar-refractivity contribution in [2.75, 3.05) is 11.5 Å². The van der Waals surface area contributed by atoms with Crippen LogP contribution in [0.5, 0.6) is 0 Å². The molecule has 4 heteroatoms. The zero-order chi connectivity index (χ0) is 10.3. The monoisotopic (exact) mass is 205 g/mol. The number of rotatable bonds is 1. The second kappa shape index (κ2) is 3.24. The van der Waals surface area contributed by atoms with Crippen molar-refractivity contribution in [3.8, 4) is 0 Å². The van der Waals surface area contributed by atoms with Gasteiger partial charge in [-0.15, -0.1) is 0 Å². The zero-order valence-electron chi connectivity index (χ0n) is 8.79. The molecule has 78 valence electrons. The largest absolute Gasteiger partial charge is 0.307 e. The summed E-state index contributed by atoms with van der Waals surface area (Å²) in [5.41, 5.74) is -0.272. The third-order valence-electron chi connectivity index (χ3n) is 2.40. The van der Waals surface area contributed by atoms with Gasteiger partial charge < -0.3 is 5.32 Å². The topological polar surface area (TPSA) is 46.2 Å². The van der Waals surface area contributed by atoms with Gasteiger partial charge >= 0.3 is 0 Å². The molecule has 1 aliphatic rings. The molecule has 3 nitrogen and oxygen atoms in total. The Morgan fingerprint density at radius 1 is 1.38 bits per heavy atom. The molecule has 0 saturated carbocycles. The van der Waals surface area contributed by atoms with E-state index in [2.05, 4.69) is 19.2 Å². The molecule has 1 aliphatic heterocycles. The van der Waals surface area contributed by atoms with Gasteiger partial charge in [0, 0.05) is 11.6 Å². The molecule has 1 saturated heterocycles. The van der Waals surface area contributed by atoms with E-state index >= 15 is 0 Å². The lowest BCUT2D eigenvalue weighted by atomic mass is 10.0. The van der Waals surface area contributed by atoms with Crippen molar-refractivity contribution >= 4 is 9.84 Å². The van der Waals surface area contributed by atoms with Crippen molar-refractivity contribution < 1.29 is 8.42 Å². The van der Waals surface area contributed by atoms with Crippen LogP contribution in [0, 0.1) is 5.92 Å². The molecule has 0 aliphatic carbocycles. The predicted octanol–water partition coefficient (Wildman–Crippen LogP) is 0.808. The van der Waals surface area contributed by atoms with Gasteiger partial charge in [-0.1, -0.05) is 13.8 Å². The molecule has 0 aromatic heterocycles. The van der Waals surface area contributed by atoms with E-state index in [4.69, 9.17) is 0 Å². The summed E-state index contributed by atoms with van der Waals surface area (Å²) in [5.74, 6) is 0.909. The predicted molar refractivity (Wildman–Crippen MR) is 54.5 cm³/mol. The molecule has 0 radical (unpaired) electrons. The van der Waals surface area contributed by atoms with Crippen LogP contribution in [0.4, 0.5) is 0 Å². The van der Waals surface area contributed by atoms with Gasteiger partial charge in [0.15, 0.2) is 9.84 Å². The molecule has 0 bridgehead atoms. The number of sulfone groups is 1. The first-order valence-corrected chi connectivity index (χ1v) is 6.52. The van der Waals surface area contributed by atoms with Crippen LogP contribution in [0.25, 0.3) is 0 Å². The van der Waals surface area contributed by atoms with Gasteiger partial charge in [0.25, 0.3) is 0 Å². The molecule has 1 fully saturated rings. The summed E-state index contributed by atoms with van der Waals surface area (Å²) in [6.45, 7) is 7.99. The van der Waals surface area contributed by atoms with Gasteiger partial charge in [-0.05, 0) is 19.8 Å². The molecular weight excluding hydrogens is 186 g/mol. The van der Waals surface area contributed by atoms with Crippen LogP contribution < -0.4 is 5.32 Å². The summed E-state index contributed by atoms with van der Waals surface area (Å²) < 4.78 is 23.1. The van der Waals surface area contributed by atoms with Crippen molar-refractivity contribution in [2.45, 2.75) is 39.3 Å². The summed E-state index contributed by atoms with van der Waals surface area (Å²) in [5, 5.41) is 3.37. The lowest BCUT2D eigenvalue weighted by Gasteiger charge is -2.38. The highest BCUT2D eigenvalue weighted by molar-refractivity contribution is 7.91. The number of nitrogens with one attached hydrogen (secondary N) is 1. The molecule has 0 amide bonds. The smallest absolute Gasteiger partial charge is 0.153 e. The van der Waals surface area contributed by atoms with E-state index in [-0.39, 0.29) is 23.1 Å². The van der Waals surface area contributed by atoms with Crippen LogP contribution in [0.3, 0.4) is 0 Å². The maximum Gasteiger partial charge on any atom is 0.153 e. The minimum absolute atomic E-state index is 0.105. The SMILES string of the molecule is CC(C)C1CS(=O)(=O)CC(C)(C)N1. The summed E-state index contributed by atoms with van der Waals surface area (Å²) in [6.07, 6.45) is 0. The van der Waals surface area contributed by atoms with Gasteiger partial charge in [-0.3, -0.25) is 0 Å². The third kappa shape index (κ3) is 2.95. The van der Waals surface area contributed by atoms with Gasteiger partial charge in [-0.25, -0.2) is 8.42 Å². The Bertz CT molecular complexity index is 280. The second-order valence-electron chi connectivity index (χ2n) is 4.93. The fourth-order valence-corrected chi connectivity index (χ4v) is 4.14. The molecule has 13 heavy (non-hydrogen) atoms. The van der Waals surface area contributed by atoms with Gasteiger partial charge in [0.1, 0.15) is 0 Å². The first-order valence-electron chi connectivity index (χ1n) is 4.70. The molecule has 1 unspecified atom stereocenters. The Kier molecular flexibility index (Phi) is 2.74. The van der Waals surface area contributed by atoms with E-state index in [1.165, 1.54) is 0 Å². The quantitative estimate of drug-likeness (QED) is 0.689. The van der Waals surface area contributed by atoms with Crippen molar-refractivity contribution in [2.24, 2.45) is 5.92 Å². The average molecular weight is 205 g/mol. The Balaban J connectivity index is 2.85. The van der Waals surface area contributed by atoms with Crippen LogP contribution in [-0.4, -0.2) is 31.5 Å². The fraction of sp³-hybridized carbons (Fsp3) is 1.00. The molecule has 0 spiro atoms. The minimum Gasteiger partial charge on any atom is -0.307 e. The molecular formula is C9H19NO2S. The van der Waals surface area contributed by atoms with E-state index in [0.29, 0.717) is 5.92 Å². The molecule has 1 rings (SSSR count). The average Bonchev–Trinajstić information content (AvgIpc) is 1.79. The fourth-order valence-electron chi connectivity index (χ4n) is 1.83. The van der Waals surface area contributed by atoms with Crippen LogP contribution in [0.2, 0.25) is 0 Å². The Morgan fingerprint density at radius 3 is 2.31 bits per heavy atom. The van der Waals surface area contributed by atoms with Gasteiger partial charge in [0.05, 0.1) is 11.5 Å². The van der Waals surface area contributed by atoms with E-state index in [0.717, 1.165) is 0 Å². The highest BCUT2D eigenvalue weighted by Crippen LogP contribution is 2.19. The molecule has 1 N–H and O–H groups in total. The summed E-state index contributed by atoms with van der Waals surface area (Å²) >= 11 is 0. The Morgan fingerprint density at radius 2 is 1.92 bits per heavy atom. The van der Waals surface area contributed by atoms with Crippen LogP contribution in [0.15, 0.2) is 0 Å². The highest BCUT2D eigenvalue weighted by atomic mass is 32.2. The van der Waals surface area contributed by atoms with E-state index in [1.807, 2.05) is 13.8 Å². The lowest BCUT2D eigenvalue weighted by molar-refractivity contribution is 0.306. The number of hydrogen-bond donors (Lipinski definition) is 1. The second-order valence-corrected chi connectivity index (χ2v) is 7.04. The molecule has 0 aromatic rings. The van der Waals surface area contributed by atoms with E-state index in [1.54, 1.807) is 0 Å². The van der Waals surface area contributed by atoms with Crippen molar-refractivity contribution in [3.05, 3.63) is 0 Å². The van der Waals surface area contributed by atoms with Crippen molar-refractivity contribution in [1.82, 2.24) is 5.32 Å². The summed E-state index contributed by atoms with van der Waals surface area (Å²) in [4.78, 5) is 0. The van der Waals surface area contributed by atoms with Crippen LogP contribution >= 0.6 is 0 Å². The van der Waals surface area contributed by atoms with Crippen LogP contribution in [-0.2, 0) is 9.84 Å². The van der Waals surface area contributed by atoms with Crippen molar-refractivity contribution in [1.29, 1.82) is 0 Å². The molecule has 1 heterocycles. The first-order chi connectivity index (χ1) is 5.72.